The number of hydrogen-bond acceptors (Lipinski definition) is 4. The topological polar surface area (TPSA) is 80.6 Å². The Bertz CT molecular complexity index is 689. The van der Waals surface area contributed by atoms with Crippen molar-refractivity contribution in [3.05, 3.63) is 54.0 Å². The molecule has 1 aromatic carbocycles. The zero-order valence-electron chi connectivity index (χ0n) is 12.8. The van der Waals surface area contributed by atoms with Gasteiger partial charge in [-0.2, -0.15) is 8.78 Å². The fourth-order valence-electron chi connectivity index (χ4n) is 1.94. The summed E-state index contributed by atoms with van der Waals surface area (Å²) in [5.74, 6) is -0.920. The zero-order valence-corrected chi connectivity index (χ0v) is 12.8. The molecule has 2 aromatic rings. The summed E-state index contributed by atoms with van der Waals surface area (Å²) >= 11 is 0. The highest BCUT2D eigenvalue weighted by molar-refractivity contribution is 5.95. The van der Waals surface area contributed by atoms with Gasteiger partial charge in [0.05, 0.1) is 6.26 Å². The van der Waals surface area contributed by atoms with Gasteiger partial charge in [-0.3, -0.25) is 9.59 Å². The number of carbonyl (C=O) groups excluding carboxylic acids is 2. The molecule has 6 nitrogen and oxygen atoms in total. The number of hydrogen-bond donors (Lipinski definition) is 2. The van der Waals surface area contributed by atoms with E-state index in [1.807, 2.05) is 0 Å². The lowest BCUT2D eigenvalue weighted by Crippen LogP contribution is -2.44. The van der Waals surface area contributed by atoms with Crippen LogP contribution in [0.1, 0.15) is 23.0 Å². The lowest BCUT2D eigenvalue weighted by atomic mass is 10.2. The molecule has 1 atom stereocenters. The van der Waals surface area contributed by atoms with E-state index in [0.717, 1.165) is 0 Å². The molecule has 2 N–H and O–H groups in total. The van der Waals surface area contributed by atoms with Crippen LogP contribution in [0.5, 0.6) is 5.75 Å². The van der Waals surface area contributed by atoms with Gasteiger partial charge in [-0.15, -0.1) is 0 Å². The lowest BCUT2D eigenvalue weighted by Gasteiger charge is -2.15. The Balaban J connectivity index is 1.90. The number of halogens is 2. The highest BCUT2D eigenvalue weighted by Crippen LogP contribution is 2.19. The SMILES string of the molecule is CC(NC(=O)c1ccco1)C(=O)NCc1ccccc1OC(F)F. The largest absolute Gasteiger partial charge is 0.459 e. The van der Waals surface area contributed by atoms with E-state index in [1.165, 1.54) is 25.3 Å². The number of rotatable bonds is 7. The molecular formula is C16H16F2N2O4. The van der Waals surface area contributed by atoms with Crippen LogP contribution in [-0.2, 0) is 11.3 Å². The van der Waals surface area contributed by atoms with Crippen molar-refractivity contribution in [1.29, 1.82) is 0 Å². The summed E-state index contributed by atoms with van der Waals surface area (Å²) in [5.41, 5.74) is 0.399. The monoisotopic (exact) mass is 338 g/mol. The maximum Gasteiger partial charge on any atom is 0.387 e. The van der Waals surface area contributed by atoms with Crippen molar-refractivity contribution in [1.82, 2.24) is 10.6 Å². The van der Waals surface area contributed by atoms with E-state index in [4.69, 9.17) is 4.42 Å². The van der Waals surface area contributed by atoms with Crippen LogP contribution in [-0.4, -0.2) is 24.5 Å². The summed E-state index contributed by atoms with van der Waals surface area (Å²) in [6.45, 7) is -1.46. The Morgan fingerprint density at radius 1 is 1.21 bits per heavy atom. The molecule has 0 aliphatic heterocycles. The zero-order chi connectivity index (χ0) is 17.5. The van der Waals surface area contributed by atoms with Crippen molar-refractivity contribution in [2.45, 2.75) is 26.1 Å². The van der Waals surface area contributed by atoms with Crippen molar-refractivity contribution in [2.75, 3.05) is 0 Å². The molecule has 0 saturated carbocycles. The molecule has 0 fully saturated rings. The van der Waals surface area contributed by atoms with Crippen LogP contribution in [0.2, 0.25) is 0 Å². The van der Waals surface area contributed by atoms with E-state index in [-0.39, 0.29) is 18.1 Å². The summed E-state index contributed by atoms with van der Waals surface area (Å²) in [7, 11) is 0. The fraction of sp³-hybridized carbons (Fsp3) is 0.250. The van der Waals surface area contributed by atoms with Crippen molar-refractivity contribution in [3.8, 4) is 5.75 Å². The molecule has 1 aromatic heterocycles. The lowest BCUT2D eigenvalue weighted by molar-refractivity contribution is -0.122. The Morgan fingerprint density at radius 2 is 1.96 bits per heavy atom. The first-order valence-corrected chi connectivity index (χ1v) is 7.12. The van der Waals surface area contributed by atoms with Gasteiger partial charge in [0.2, 0.25) is 5.91 Å². The van der Waals surface area contributed by atoms with E-state index < -0.39 is 24.5 Å². The van der Waals surface area contributed by atoms with Gasteiger partial charge in [0, 0.05) is 12.1 Å². The maximum atomic E-state index is 12.3. The second-order valence-electron chi connectivity index (χ2n) is 4.88. The molecule has 1 heterocycles. The van der Waals surface area contributed by atoms with Gasteiger partial charge in [0.25, 0.3) is 5.91 Å². The maximum absolute atomic E-state index is 12.3. The van der Waals surface area contributed by atoms with Crippen LogP contribution >= 0.6 is 0 Å². The number of furan rings is 1. The van der Waals surface area contributed by atoms with Crippen molar-refractivity contribution < 1.29 is 27.5 Å². The number of alkyl halides is 2. The number of benzene rings is 1. The van der Waals surface area contributed by atoms with Crippen LogP contribution in [0.15, 0.2) is 47.1 Å². The molecule has 0 radical (unpaired) electrons. The van der Waals surface area contributed by atoms with Gasteiger partial charge in [-0.25, -0.2) is 0 Å². The van der Waals surface area contributed by atoms with Crippen LogP contribution in [0.25, 0.3) is 0 Å². The third-order valence-electron chi connectivity index (χ3n) is 3.13. The summed E-state index contributed by atoms with van der Waals surface area (Å²) in [6.07, 6.45) is 1.35. The fourth-order valence-corrected chi connectivity index (χ4v) is 1.94. The molecule has 2 amide bonds. The second-order valence-corrected chi connectivity index (χ2v) is 4.88. The van der Waals surface area contributed by atoms with Gasteiger partial charge < -0.3 is 19.8 Å². The number of carbonyl (C=O) groups is 2. The van der Waals surface area contributed by atoms with E-state index >= 15 is 0 Å². The van der Waals surface area contributed by atoms with Gasteiger partial charge in [0.15, 0.2) is 5.76 Å². The first kappa shape index (κ1) is 17.5. The molecule has 1 unspecified atom stereocenters. The van der Waals surface area contributed by atoms with Crippen LogP contribution in [0.3, 0.4) is 0 Å². The van der Waals surface area contributed by atoms with Crippen LogP contribution in [0, 0.1) is 0 Å². The van der Waals surface area contributed by atoms with Gasteiger partial charge in [-0.1, -0.05) is 18.2 Å². The van der Waals surface area contributed by atoms with E-state index in [1.54, 1.807) is 24.3 Å². The summed E-state index contributed by atoms with van der Waals surface area (Å²) in [5, 5.41) is 5.02. The van der Waals surface area contributed by atoms with Gasteiger partial charge in [-0.05, 0) is 25.1 Å². The Hall–Kier alpha value is -2.90. The molecule has 128 valence electrons. The average molecular weight is 338 g/mol. The number of amides is 2. The van der Waals surface area contributed by atoms with Gasteiger partial charge in [0.1, 0.15) is 11.8 Å². The van der Waals surface area contributed by atoms with E-state index in [9.17, 15) is 18.4 Å². The summed E-state index contributed by atoms with van der Waals surface area (Å²) in [4.78, 5) is 23.8. The highest BCUT2D eigenvalue weighted by Gasteiger charge is 2.18. The molecule has 0 aliphatic carbocycles. The molecule has 0 bridgehead atoms. The first-order chi connectivity index (χ1) is 11.5. The van der Waals surface area contributed by atoms with Gasteiger partial charge >= 0.3 is 6.61 Å². The van der Waals surface area contributed by atoms with Crippen molar-refractivity contribution in [3.63, 3.8) is 0 Å². The summed E-state index contributed by atoms with van der Waals surface area (Å²) in [6, 6.07) is 8.33. The quantitative estimate of drug-likeness (QED) is 0.812. The third-order valence-corrected chi connectivity index (χ3v) is 3.13. The number of para-hydroxylation sites is 1. The molecule has 24 heavy (non-hydrogen) atoms. The Labute approximate surface area is 136 Å². The number of ether oxygens (including phenoxy) is 1. The minimum Gasteiger partial charge on any atom is -0.459 e. The van der Waals surface area contributed by atoms with E-state index in [0.29, 0.717) is 5.56 Å². The first-order valence-electron chi connectivity index (χ1n) is 7.12. The summed E-state index contributed by atoms with van der Waals surface area (Å²) < 4.78 is 34.0. The minimum atomic E-state index is -2.95. The molecular weight excluding hydrogens is 322 g/mol. The second kappa shape index (κ2) is 8.09. The Morgan fingerprint density at radius 3 is 2.62 bits per heavy atom. The normalized spacial score (nSPS) is 11.8. The van der Waals surface area contributed by atoms with Crippen LogP contribution in [0.4, 0.5) is 8.78 Å². The van der Waals surface area contributed by atoms with Crippen molar-refractivity contribution >= 4 is 11.8 Å². The third kappa shape index (κ3) is 4.80. The predicted octanol–water partition coefficient (Wildman–Crippen LogP) is 2.32. The molecule has 8 heteroatoms. The molecule has 0 spiro atoms. The molecule has 0 saturated heterocycles. The van der Waals surface area contributed by atoms with Crippen LogP contribution < -0.4 is 15.4 Å². The Kier molecular flexibility index (Phi) is 5.89. The van der Waals surface area contributed by atoms with E-state index in [2.05, 4.69) is 15.4 Å². The highest BCUT2D eigenvalue weighted by atomic mass is 19.3. The minimum absolute atomic E-state index is 0.0112. The predicted molar refractivity (Wildman–Crippen MR) is 80.6 cm³/mol. The molecule has 0 aliphatic rings. The smallest absolute Gasteiger partial charge is 0.387 e. The average Bonchev–Trinajstić information content (AvgIpc) is 3.07. The molecule has 2 rings (SSSR count). The number of nitrogens with one attached hydrogen (secondary N) is 2. The standard InChI is InChI=1S/C16H16F2N2O4/c1-10(20-15(22)13-7-4-8-23-13)14(21)19-9-11-5-2-3-6-12(11)24-16(17)18/h2-8,10,16H,9H2,1H3,(H,19,21)(H,20,22). The van der Waals surface area contributed by atoms with Crippen molar-refractivity contribution in [2.24, 2.45) is 0 Å².